The van der Waals surface area contributed by atoms with Crippen molar-refractivity contribution in [2.24, 2.45) is 0 Å². The average molecular weight is 462 g/mol. The first kappa shape index (κ1) is 23.0. The monoisotopic (exact) mass is 462 g/mol. The van der Waals surface area contributed by atoms with Gasteiger partial charge in [0.15, 0.2) is 0 Å². The topological polar surface area (TPSA) is 105 Å². The van der Waals surface area contributed by atoms with Crippen LogP contribution in [0.4, 0.5) is 14.9 Å². The number of carboxylic acid groups (broad SMARTS) is 1. The van der Waals surface area contributed by atoms with Gasteiger partial charge in [-0.2, -0.15) is 0 Å². The second-order valence-corrected chi connectivity index (χ2v) is 8.12. The predicted molar refractivity (Wildman–Crippen MR) is 124 cm³/mol. The third-order valence-electron chi connectivity index (χ3n) is 5.69. The standard InChI is InChI=1S/C26H23FN2O5/c1-15(12-24(30)29-23-11-10-16(25(31)32)13-22(23)27)28-26(33)34-14-21-19-8-4-2-6-17(19)18-7-3-5-9-20(18)21/h2-11,13,15,21H,12,14H2,1H3,(H,28,33)(H,29,30)(H,31,32)/t15-/m1/s1. The molecule has 1 aliphatic rings. The third kappa shape index (κ3) is 4.91. The molecule has 2 amide bonds. The summed E-state index contributed by atoms with van der Waals surface area (Å²) in [5, 5.41) is 13.9. The Bertz CT molecular complexity index is 1210. The molecule has 34 heavy (non-hydrogen) atoms. The van der Waals surface area contributed by atoms with Gasteiger partial charge in [-0.05, 0) is 47.4 Å². The number of ether oxygens (including phenoxy) is 1. The van der Waals surface area contributed by atoms with Gasteiger partial charge in [0.25, 0.3) is 0 Å². The molecule has 0 saturated heterocycles. The number of benzene rings is 3. The zero-order valence-electron chi connectivity index (χ0n) is 18.4. The number of aromatic carboxylic acids is 1. The minimum atomic E-state index is -1.27. The summed E-state index contributed by atoms with van der Waals surface area (Å²) in [4.78, 5) is 35.5. The van der Waals surface area contributed by atoms with Crippen LogP contribution in [0, 0.1) is 5.82 Å². The molecule has 7 nitrogen and oxygen atoms in total. The van der Waals surface area contributed by atoms with E-state index in [1.807, 2.05) is 48.5 Å². The molecule has 0 spiro atoms. The van der Waals surface area contributed by atoms with Gasteiger partial charge < -0.3 is 20.5 Å². The number of rotatable bonds is 7. The van der Waals surface area contributed by atoms with Gasteiger partial charge in [-0.25, -0.2) is 14.0 Å². The fraction of sp³-hybridized carbons (Fsp3) is 0.192. The number of amides is 2. The predicted octanol–water partition coefficient (Wildman–Crippen LogP) is 4.78. The Morgan fingerprint density at radius 1 is 1.00 bits per heavy atom. The summed E-state index contributed by atoms with van der Waals surface area (Å²) >= 11 is 0. The molecule has 8 heteroatoms. The zero-order chi connectivity index (χ0) is 24.2. The third-order valence-corrected chi connectivity index (χ3v) is 5.69. The van der Waals surface area contributed by atoms with Gasteiger partial charge in [-0.1, -0.05) is 48.5 Å². The summed E-state index contributed by atoms with van der Waals surface area (Å²) in [5.41, 5.74) is 4.09. The van der Waals surface area contributed by atoms with E-state index in [9.17, 15) is 18.8 Å². The molecule has 174 valence electrons. The molecular weight excluding hydrogens is 439 g/mol. The van der Waals surface area contributed by atoms with Crippen LogP contribution < -0.4 is 10.6 Å². The first-order valence-corrected chi connectivity index (χ1v) is 10.8. The molecule has 1 aliphatic carbocycles. The first-order chi connectivity index (χ1) is 16.3. The van der Waals surface area contributed by atoms with Gasteiger partial charge in [-0.15, -0.1) is 0 Å². The molecule has 3 N–H and O–H groups in total. The van der Waals surface area contributed by atoms with Crippen LogP contribution in [0.15, 0.2) is 66.7 Å². The quantitative estimate of drug-likeness (QED) is 0.469. The molecule has 0 unspecified atom stereocenters. The number of carboxylic acids is 1. The highest BCUT2D eigenvalue weighted by Gasteiger charge is 2.29. The largest absolute Gasteiger partial charge is 0.478 e. The van der Waals surface area contributed by atoms with Gasteiger partial charge in [0.05, 0.1) is 11.3 Å². The summed E-state index contributed by atoms with van der Waals surface area (Å²) in [6, 6.07) is 18.6. The van der Waals surface area contributed by atoms with E-state index in [1.165, 1.54) is 12.1 Å². The minimum absolute atomic E-state index is 0.0755. The number of hydrogen-bond donors (Lipinski definition) is 3. The second kappa shape index (κ2) is 9.74. The lowest BCUT2D eigenvalue weighted by atomic mass is 9.98. The molecule has 0 aliphatic heterocycles. The van der Waals surface area contributed by atoms with Gasteiger partial charge in [0.2, 0.25) is 5.91 Å². The van der Waals surface area contributed by atoms with E-state index >= 15 is 0 Å². The maximum Gasteiger partial charge on any atom is 0.407 e. The molecule has 0 fully saturated rings. The number of nitrogens with one attached hydrogen (secondary N) is 2. The molecule has 0 saturated carbocycles. The number of carbonyl (C=O) groups is 3. The fourth-order valence-electron chi connectivity index (χ4n) is 4.12. The number of anilines is 1. The van der Waals surface area contributed by atoms with Gasteiger partial charge >= 0.3 is 12.1 Å². The van der Waals surface area contributed by atoms with Crippen LogP contribution in [0.5, 0.6) is 0 Å². The summed E-state index contributed by atoms with van der Waals surface area (Å²) in [6.45, 7) is 1.78. The van der Waals surface area contributed by atoms with E-state index < -0.39 is 29.8 Å². The average Bonchev–Trinajstić information content (AvgIpc) is 3.12. The lowest BCUT2D eigenvalue weighted by molar-refractivity contribution is -0.116. The van der Waals surface area contributed by atoms with Crippen molar-refractivity contribution in [3.63, 3.8) is 0 Å². The van der Waals surface area contributed by atoms with Crippen LogP contribution in [-0.4, -0.2) is 35.7 Å². The van der Waals surface area contributed by atoms with Crippen molar-refractivity contribution >= 4 is 23.7 Å². The summed E-state index contributed by atoms with van der Waals surface area (Å²) in [6.07, 6.45) is -0.774. The van der Waals surface area contributed by atoms with Crippen molar-refractivity contribution in [2.75, 3.05) is 11.9 Å². The van der Waals surface area contributed by atoms with Gasteiger partial charge in [-0.3, -0.25) is 4.79 Å². The van der Waals surface area contributed by atoms with Gasteiger partial charge in [0, 0.05) is 18.4 Å². The maximum atomic E-state index is 14.0. The Balaban J connectivity index is 1.30. The van der Waals surface area contributed by atoms with Crippen LogP contribution >= 0.6 is 0 Å². The Kier molecular flexibility index (Phi) is 6.58. The molecule has 0 radical (unpaired) electrons. The lowest BCUT2D eigenvalue weighted by Crippen LogP contribution is -2.36. The van der Waals surface area contributed by atoms with Crippen LogP contribution in [-0.2, 0) is 9.53 Å². The fourth-order valence-corrected chi connectivity index (χ4v) is 4.12. The van der Waals surface area contributed by atoms with Crippen molar-refractivity contribution < 1.29 is 28.6 Å². The van der Waals surface area contributed by atoms with E-state index in [1.54, 1.807) is 6.92 Å². The Morgan fingerprint density at radius 2 is 1.62 bits per heavy atom. The zero-order valence-corrected chi connectivity index (χ0v) is 18.4. The number of hydrogen-bond acceptors (Lipinski definition) is 4. The Hall–Kier alpha value is -4.20. The lowest BCUT2D eigenvalue weighted by Gasteiger charge is -2.17. The highest BCUT2D eigenvalue weighted by atomic mass is 19.1. The SMILES string of the molecule is C[C@H](CC(=O)Nc1ccc(C(=O)O)cc1F)NC(=O)OCC1c2ccccc2-c2ccccc21. The van der Waals surface area contributed by atoms with E-state index in [-0.39, 0.29) is 30.2 Å². The van der Waals surface area contributed by atoms with Gasteiger partial charge in [0.1, 0.15) is 12.4 Å². The minimum Gasteiger partial charge on any atom is -0.478 e. The summed E-state index contributed by atoms with van der Waals surface area (Å²) in [7, 11) is 0. The first-order valence-electron chi connectivity index (χ1n) is 10.8. The van der Waals surface area contributed by atoms with Crippen molar-refractivity contribution in [1.29, 1.82) is 0 Å². The molecule has 1 atom stereocenters. The highest BCUT2D eigenvalue weighted by Crippen LogP contribution is 2.44. The van der Waals surface area contributed by atoms with Crippen LogP contribution in [0.25, 0.3) is 11.1 Å². The molecule has 3 aromatic carbocycles. The molecular formula is C26H23FN2O5. The van der Waals surface area contributed by atoms with Crippen LogP contribution in [0.1, 0.15) is 40.7 Å². The van der Waals surface area contributed by atoms with E-state index in [2.05, 4.69) is 10.6 Å². The number of alkyl carbamates (subject to hydrolysis) is 1. The summed E-state index contributed by atoms with van der Waals surface area (Å²) < 4.78 is 19.5. The van der Waals surface area contributed by atoms with Crippen molar-refractivity contribution in [3.8, 4) is 11.1 Å². The highest BCUT2D eigenvalue weighted by molar-refractivity contribution is 5.93. The summed E-state index contributed by atoms with van der Waals surface area (Å²) in [5.74, 6) is -2.73. The van der Waals surface area contributed by atoms with Crippen LogP contribution in [0.2, 0.25) is 0 Å². The van der Waals surface area contributed by atoms with E-state index in [0.717, 1.165) is 28.3 Å². The second-order valence-electron chi connectivity index (χ2n) is 8.12. The molecule has 0 heterocycles. The van der Waals surface area contributed by atoms with E-state index in [0.29, 0.717) is 0 Å². The Labute approximate surface area is 195 Å². The normalized spacial score (nSPS) is 12.9. The molecule has 4 rings (SSSR count). The van der Waals surface area contributed by atoms with E-state index in [4.69, 9.17) is 9.84 Å². The molecule has 0 bridgehead atoms. The number of fused-ring (bicyclic) bond motifs is 3. The van der Waals surface area contributed by atoms with Crippen LogP contribution in [0.3, 0.4) is 0 Å². The number of carbonyl (C=O) groups excluding carboxylic acids is 2. The van der Waals surface area contributed by atoms with Crippen molar-refractivity contribution in [2.45, 2.75) is 25.3 Å². The Morgan fingerprint density at radius 3 is 2.21 bits per heavy atom. The molecule has 3 aromatic rings. The smallest absolute Gasteiger partial charge is 0.407 e. The van der Waals surface area contributed by atoms with Crippen molar-refractivity contribution in [1.82, 2.24) is 5.32 Å². The molecule has 0 aromatic heterocycles. The maximum absolute atomic E-state index is 14.0. The van der Waals surface area contributed by atoms with Crippen molar-refractivity contribution in [3.05, 3.63) is 89.2 Å². The number of halogens is 1.